The number of alkyl halides is 3. The van der Waals surface area contributed by atoms with E-state index in [1.807, 2.05) is 5.32 Å². The highest BCUT2D eigenvalue weighted by Gasteiger charge is 2.31. The molecule has 0 aliphatic carbocycles. The van der Waals surface area contributed by atoms with Crippen molar-refractivity contribution in [3.8, 4) is 0 Å². The van der Waals surface area contributed by atoms with Crippen LogP contribution < -0.4 is 10.6 Å². The Balaban J connectivity index is 1.80. The minimum Gasteiger partial charge on any atom is -0.291 e. The fourth-order valence-corrected chi connectivity index (χ4v) is 3.11. The molecule has 29 heavy (non-hydrogen) atoms. The molecule has 0 aliphatic heterocycles. The molecule has 0 spiro atoms. The van der Waals surface area contributed by atoms with Crippen molar-refractivity contribution >= 4 is 52.0 Å². The minimum absolute atomic E-state index is 0.0159. The van der Waals surface area contributed by atoms with Gasteiger partial charge >= 0.3 is 12.2 Å². The summed E-state index contributed by atoms with van der Waals surface area (Å²) in [6.07, 6.45) is -3.44. The summed E-state index contributed by atoms with van der Waals surface area (Å²) in [7, 11) is 0. The average Bonchev–Trinajstić information content (AvgIpc) is 2.61. The van der Waals surface area contributed by atoms with E-state index in [-0.39, 0.29) is 38.0 Å². The molecule has 150 valence electrons. The van der Waals surface area contributed by atoms with Crippen molar-refractivity contribution in [1.29, 1.82) is 0 Å². The summed E-state index contributed by atoms with van der Waals surface area (Å²) in [6.45, 7) is 1.44. The van der Waals surface area contributed by atoms with E-state index >= 15 is 0 Å². The fourth-order valence-electron chi connectivity index (χ4n) is 2.54. The highest BCUT2D eigenvalue weighted by molar-refractivity contribution is 6.40. The van der Waals surface area contributed by atoms with Gasteiger partial charge in [-0.3, -0.25) is 20.4 Å². The van der Waals surface area contributed by atoms with E-state index in [9.17, 15) is 22.8 Å². The number of imide groups is 1. The van der Waals surface area contributed by atoms with Crippen LogP contribution in [0.2, 0.25) is 10.0 Å². The molecule has 3 aromatic rings. The van der Waals surface area contributed by atoms with E-state index in [2.05, 4.69) is 15.3 Å². The van der Waals surface area contributed by atoms with E-state index in [0.717, 1.165) is 18.3 Å². The Morgan fingerprint density at radius 1 is 1.10 bits per heavy atom. The average molecular weight is 443 g/mol. The summed E-state index contributed by atoms with van der Waals surface area (Å²) in [6, 6.07) is 5.27. The van der Waals surface area contributed by atoms with Crippen LogP contribution in [0.25, 0.3) is 11.0 Å². The highest BCUT2D eigenvalue weighted by Crippen LogP contribution is 2.32. The van der Waals surface area contributed by atoms with E-state index in [1.54, 1.807) is 6.07 Å². The number of carbonyl (C=O) groups is 2. The zero-order chi connectivity index (χ0) is 21.3. The van der Waals surface area contributed by atoms with Gasteiger partial charge in [0.15, 0.2) is 5.82 Å². The van der Waals surface area contributed by atoms with Gasteiger partial charge in [-0.05, 0) is 36.8 Å². The van der Waals surface area contributed by atoms with Crippen LogP contribution in [-0.2, 0) is 6.18 Å². The van der Waals surface area contributed by atoms with Crippen LogP contribution in [0.1, 0.15) is 21.5 Å². The number of rotatable bonds is 2. The number of urea groups is 1. The van der Waals surface area contributed by atoms with Crippen LogP contribution in [0.15, 0.2) is 36.5 Å². The fraction of sp³-hybridized carbons (Fsp3) is 0.111. The van der Waals surface area contributed by atoms with Crippen LogP contribution in [0, 0.1) is 6.92 Å². The van der Waals surface area contributed by atoms with Gasteiger partial charge in [-0.2, -0.15) is 13.2 Å². The predicted molar refractivity (Wildman–Crippen MR) is 102 cm³/mol. The van der Waals surface area contributed by atoms with Gasteiger partial charge in [0.05, 0.1) is 38.4 Å². The summed E-state index contributed by atoms with van der Waals surface area (Å²) in [5, 5.41) is 4.46. The Labute approximate surface area is 172 Å². The first-order valence-corrected chi connectivity index (χ1v) is 8.73. The lowest BCUT2D eigenvalue weighted by atomic mass is 10.1. The van der Waals surface area contributed by atoms with Crippen molar-refractivity contribution in [2.45, 2.75) is 13.1 Å². The summed E-state index contributed by atoms with van der Waals surface area (Å²) in [5.41, 5.74) is -0.507. The Morgan fingerprint density at radius 2 is 1.76 bits per heavy atom. The Bertz CT molecular complexity index is 1120. The Hall–Kier alpha value is -2.91. The molecule has 3 rings (SSSR count). The molecule has 0 atom stereocenters. The molecule has 2 aromatic carbocycles. The molecule has 0 fully saturated rings. The predicted octanol–water partition coefficient (Wildman–Crippen LogP) is 5.23. The first-order chi connectivity index (χ1) is 13.6. The SMILES string of the molecule is Cc1cc(C(F)(F)F)cc2ncc(NC(=O)NC(=O)c3c(Cl)cccc3Cl)nc12. The number of benzene rings is 2. The molecule has 0 radical (unpaired) electrons. The van der Waals surface area contributed by atoms with Crippen molar-refractivity contribution in [3.05, 3.63) is 63.3 Å². The number of anilines is 1. The molecule has 1 aromatic heterocycles. The number of hydrogen-bond donors (Lipinski definition) is 2. The smallest absolute Gasteiger partial charge is 0.291 e. The highest BCUT2D eigenvalue weighted by atomic mass is 35.5. The normalized spacial score (nSPS) is 11.4. The number of amides is 3. The molecule has 0 saturated heterocycles. The summed E-state index contributed by atoms with van der Waals surface area (Å²) in [5.74, 6) is -0.895. The lowest BCUT2D eigenvalue weighted by molar-refractivity contribution is -0.137. The van der Waals surface area contributed by atoms with Crippen molar-refractivity contribution in [3.63, 3.8) is 0 Å². The second kappa shape index (κ2) is 7.84. The maximum absolute atomic E-state index is 12.9. The third kappa shape index (κ3) is 4.57. The molecule has 0 unspecified atom stereocenters. The van der Waals surface area contributed by atoms with Crippen molar-refractivity contribution in [2.24, 2.45) is 0 Å². The van der Waals surface area contributed by atoms with Gasteiger partial charge in [0.2, 0.25) is 0 Å². The molecule has 0 bridgehead atoms. The monoisotopic (exact) mass is 442 g/mol. The minimum atomic E-state index is -4.52. The molecule has 3 amide bonds. The van der Waals surface area contributed by atoms with Crippen LogP contribution in [-0.4, -0.2) is 21.9 Å². The van der Waals surface area contributed by atoms with Gasteiger partial charge in [-0.25, -0.2) is 9.78 Å². The zero-order valence-corrected chi connectivity index (χ0v) is 16.1. The van der Waals surface area contributed by atoms with Gasteiger partial charge in [0.25, 0.3) is 5.91 Å². The number of nitrogens with zero attached hydrogens (tertiary/aromatic N) is 2. The lowest BCUT2D eigenvalue weighted by Crippen LogP contribution is -2.35. The third-order valence-corrected chi connectivity index (χ3v) is 4.45. The van der Waals surface area contributed by atoms with Gasteiger partial charge in [0, 0.05) is 0 Å². The van der Waals surface area contributed by atoms with Gasteiger partial charge in [-0.15, -0.1) is 0 Å². The summed E-state index contributed by atoms with van der Waals surface area (Å²) < 4.78 is 38.7. The van der Waals surface area contributed by atoms with Crippen LogP contribution in [0.4, 0.5) is 23.8 Å². The maximum atomic E-state index is 12.9. The maximum Gasteiger partial charge on any atom is 0.416 e. The quantitative estimate of drug-likeness (QED) is 0.569. The van der Waals surface area contributed by atoms with Gasteiger partial charge in [0.1, 0.15) is 0 Å². The topological polar surface area (TPSA) is 84.0 Å². The molecular formula is C18H11Cl2F3N4O2. The number of aryl methyl sites for hydroxylation is 1. The number of carbonyl (C=O) groups excluding carboxylic acids is 2. The summed E-state index contributed by atoms with van der Waals surface area (Å²) in [4.78, 5) is 32.3. The van der Waals surface area contributed by atoms with Crippen LogP contribution in [0.5, 0.6) is 0 Å². The molecule has 0 aliphatic rings. The van der Waals surface area contributed by atoms with E-state index < -0.39 is 23.7 Å². The Kier molecular flexibility index (Phi) is 5.63. The van der Waals surface area contributed by atoms with E-state index in [0.29, 0.717) is 0 Å². The number of halogens is 5. The standard InChI is InChI=1S/C18H11Cl2F3N4O2/c1-8-5-9(18(21,22)23)6-12-15(8)25-13(7-24-12)26-17(29)27-16(28)14-10(19)3-2-4-11(14)20/h2-7H,1H3,(H2,25,26,27,28,29). The van der Waals surface area contributed by atoms with Crippen molar-refractivity contribution in [1.82, 2.24) is 15.3 Å². The second-order valence-electron chi connectivity index (χ2n) is 5.92. The Morgan fingerprint density at radius 3 is 2.38 bits per heavy atom. The number of aromatic nitrogens is 2. The largest absolute Gasteiger partial charge is 0.416 e. The first kappa shape index (κ1) is 20.8. The molecule has 6 nitrogen and oxygen atoms in total. The van der Waals surface area contributed by atoms with Gasteiger partial charge < -0.3 is 0 Å². The van der Waals surface area contributed by atoms with Crippen molar-refractivity contribution in [2.75, 3.05) is 5.32 Å². The van der Waals surface area contributed by atoms with Crippen molar-refractivity contribution < 1.29 is 22.8 Å². The van der Waals surface area contributed by atoms with Crippen LogP contribution >= 0.6 is 23.2 Å². The molecule has 2 N–H and O–H groups in total. The third-order valence-electron chi connectivity index (χ3n) is 3.82. The molecule has 11 heteroatoms. The lowest BCUT2D eigenvalue weighted by Gasteiger charge is -2.11. The van der Waals surface area contributed by atoms with E-state index in [4.69, 9.17) is 23.2 Å². The van der Waals surface area contributed by atoms with E-state index in [1.165, 1.54) is 19.1 Å². The van der Waals surface area contributed by atoms with Crippen LogP contribution in [0.3, 0.4) is 0 Å². The molecular weight excluding hydrogens is 432 g/mol. The van der Waals surface area contributed by atoms with Gasteiger partial charge in [-0.1, -0.05) is 29.3 Å². The molecule has 0 saturated carbocycles. The second-order valence-corrected chi connectivity index (χ2v) is 6.73. The molecule has 1 heterocycles. The summed E-state index contributed by atoms with van der Waals surface area (Å²) >= 11 is 11.8. The number of fused-ring (bicyclic) bond motifs is 1. The zero-order valence-electron chi connectivity index (χ0n) is 14.6. The first-order valence-electron chi connectivity index (χ1n) is 7.97. The number of nitrogens with one attached hydrogen (secondary N) is 2. The number of hydrogen-bond acceptors (Lipinski definition) is 4.